The molecule has 1 aromatic rings. The summed E-state index contributed by atoms with van der Waals surface area (Å²) in [5, 5.41) is 3.75. The number of aryl methyl sites for hydroxylation is 1. The summed E-state index contributed by atoms with van der Waals surface area (Å²) in [4.78, 5) is 5.02. The lowest BCUT2D eigenvalue weighted by Gasteiger charge is -2.32. The molecule has 3 nitrogen and oxygen atoms in total. The number of nitrogens with one attached hydrogen (secondary N) is 1. The van der Waals surface area contributed by atoms with Gasteiger partial charge in [-0.2, -0.15) is 0 Å². The van der Waals surface area contributed by atoms with Crippen molar-refractivity contribution in [3.05, 3.63) is 33.8 Å². The third-order valence-corrected chi connectivity index (χ3v) is 5.31. The molecule has 0 spiro atoms. The molecule has 1 aliphatic heterocycles. The van der Waals surface area contributed by atoms with Gasteiger partial charge in [0.05, 0.1) is 0 Å². The lowest BCUT2D eigenvalue weighted by Crippen LogP contribution is -2.45. The van der Waals surface area contributed by atoms with Crippen molar-refractivity contribution in [3.8, 4) is 0 Å². The second-order valence-electron chi connectivity index (χ2n) is 6.39. The maximum Gasteiger partial charge on any atom is 0.0326 e. The summed E-state index contributed by atoms with van der Waals surface area (Å²) < 4.78 is 1.21. The zero-order valence-corrected chi connectivity index (χ0v) is 14.5. The van der Waals surface area contributed by atoms with Crippen molar-refractivity contribution >= 4 is 15.9 Å². The monoisotopic (exact) mass is 351 g/mol. The van der Waals surface area contributed by atoms with Crippen LogP contribution in [0.3, 0.4) is 0 Å². The lowest BCUT2D eigenvalue weighted by atomic mass is 10.1. The molecule has 0 saturated carbocycles. The summed E-state index contributed by atoms with van der Waals surface area (Å²) in [6.07, 6.45) is 3.72. The van der Waals surface area contributed by atoms with Crippen LogP contribution in [0.2, 0.25) is 0 Å². The molecule has 1 atom stereocenters. The number of rotatable bonds is 5. The van der Waals surface area contributed by atoms with E-state index in [1.807, 2.05) is 0 Å². The van der Waals surface area contributed by atoms with Crippen LogP contribution in [0.25, 0.3) is 0 Å². The minimum Gasteiger partial charge on any atom is -0.310 e. The topological polar surface area (TPSA) is 18.5 Å². The standard InChI is InChI=1S/C17H26BrN3/c1-20-9-11-21(12-10-20)8-2-7-19-17-6-3-14-13-15(18)4-5-16(14)17/h4-5,13,17,19H,2-3,6-12H2,1H3. The Morgan fingerprint density at radius 1 is 1.24 bits per heavy atom. The van der Waals surface area contributed by atoms with Gasteiger partial charge >= 0.3 is 0 Å². The van der Waals surface area contributed by atoms with Crippen LogP contribution in [-0.4, -0.2) is 56.1 Å². The maximum absolute atomic E-state index is 3.75. The largest absolute Gasteiger partial charge is 0.310 e. The van der Waals surface area contributed by atoms with Crippen LogP contribution in [0.1, 0.15) is 30.0 Å². The van der Waals surface area contributed by atoms with Gasteiger partial charge in [-0.15, -0.1) is 0 Å². The predicted molar refractivity (Wildman–Crippen MR) is 91.8 cm³/mol. The highest BCUT2D eigenvalue weighted by atomic mass is 79.9. The van der Waals surface area contributed by atoms with Gasteiger partial charge in [-0.05, 0) is 62.7 Å². The Balaban J connectivity index is 1.39. The summed E-state index contributed by atoms with van der Waals surface area (Å²) in [7, 11) is 2.22. The number of nitrogens with zero attached hydrogens (tertiary/aromatic N) is 2. The highest BCUT2D eigenvalue weighted by molar-refractivity contribution is 9.10. The van der Waals surface area contributed by atoms with E-state index in [0.29, 0.717) is 6.04 Å². The molecule has 0 amide bonds. The minimum absolute atomic E-state index is 0.570. The van der Waals surface area contributed by atoms with Gasteiger partial charge in [0.1, 0.15) is 0 Å². The van der Waals surface area contributed by atoms with E-state index in [1.54, 1.807) is 0 Å². The Morgan fingerprint density at radius 2 is 2.05 bits per heavy atom. The van der Waals surface area contributed by atoms with E-state index in [2.05, 4.69) is 56.3 Å². The van der Waals surface area contributed by atoms with Crippen molar-refractivity contribution in [2.24, 2.45) is 0 Å². The van der Waals surface area contributed by atoms with Crippen LogP contribution < -0.4 is 5.32 Å². The first kappa shape index (κ1) is 15.5. The quantitative estimate of drug-likeness (QED) is 0.822. The van der Waals surface area contributed by atoms with Crippen LogP contribution in [-0.2, 0) is 6.42 Å². The first-order valence-electron chi connectivity index (χ1n) is 8.15. The van der Waals surface area contributed by atoms with E-state index in [-0.39, 0.29) is 0 Å². The van der Waals surface area contributed by atoms with Crippen LogP contribution in [0, 0.1) is 0 Å². The summed E-state index contributed by atoms with van der Waals surface area (Å²) in [6.45, 7) is 7.28. The Morgan fingerprint density at radius 3 is 2.86 bits per heavy atom. The first-order chi connectivity index (χ1) is 10.2. The van der Waals surface area contributed by atoms with Crippen LogP contribution >= 0.6 is 15.9 Å². The number of likely N-dealkylation sites (N-methyl/N-ethyl adjacent to an activating group) is 1. The van der Waals surface area contributed by atoms with E-state index in [4.69, 9.17) is 0 Å². The summed E-state index contributed by atoms with van der Waals surface area (Å²) in [6, 6.07) is 7.30. The molecule has 0 bridgehead atoms. The highest BCUT2D eigenvalue weighted by Gasteiger charge is 2.21. The Labute approximate surface area is 136 Å². The Kier molecular flexibility index (Phi) is 5.33. The molecule has 1 unspecified atom stereocenters. The van der Waals surface area contributed by atoms with Crippen LogP contribution in [0.5, 0.6) is 0 Å². The highest BCUT2D eigenvalue weighted by Crippen LogP contribution is 2.32. The molecule has 0 aromatic heterocycles. The molecule has 4 heteroatoms. The van der Waals surface area contributed by atoms with Gasteiger partial charge in [-0.25, -0.2) is 0 Å². The van der Waals surface area contributed by atoms with Crippen molar-refractivity contribution in [1.29, 1.82) is 0 Å². The minimum atomic E-state index is 0.570. The molecular formula is C17H26BrN3. The maximum atomic E-state index is 3.75. The molecule has 1 heterocycles. The lowest BCUT2D eigenvalue weighted by molar-refractivity contribution is 0.152. The fraction of sp³-hybridized carbons (Fsp3) is 0.647. The summed E-state index contributed by atoms with van der Waals surface area (Å²) in [5.74, 6) is 0. The SMILES string of the molecule is CN1CCN(CCCNC2CCc3cc(Br)ccc32)CC1. The summed E-state index contributed by atoms with van der Waals surface area (Å²) >= 11 is 3.57. The molecule has 1 fully saturated rings. The third-order valence-electron chi connectivity index (χ3n) is 4.82. The Hall–Kier alpha value is -0.420. The van der Waals surface area contributed by atoms with E-state index < -0.39 is 0 Å². The molecule has 116 valence electrons. The zero-order valence-electron chi connectivity index (χ0n) is 12.9. The normalized spacial score (nSPS) is 23.4. The van der Waals surface area contributed by atoms with Gasteiger partial charge in [-0.3, -0.25) is 0 Å². The van der Waals surface area contributed by atoms with E-state index in [9.17, 15) is 0 Å². The molecule has 1 aromatic carbocycles. The fourth-order valence-electron chi connectivity index (χ4n) is 3.45. The van der Waals surface area contributed by atoms with E-state index in [1.165, 1.54) is 67.6 Å². The number of fused-ring (bicyclic) bond motifs is 1. The average molecular weight is 352 g/mol. The van der Waals surface area contributed by atoms with Crippen molar-refractivity contribution in [2.75, 3.05) is 46.3 Å². The molecule has 0 radical (unpaired) electrons. The Bertz CT molecular complexity index is 469. The molecule has 2 aliphatic rings. The van der Waals surface area contributed by atoms with Crippen LogP contribution in [0.15, 0.2) is 22.7 Å². The zero-order chi connectivity index (χ0) is 14.7. The number of halogens is 1. The number of hydrogen-bond acceptors (Lipinski definition) is 3. The molecule has 3 rings (SSSR count). The molecule has 21 heavy (non-hydrogen) atoms. The molecule has 1 aliphatic carbocycles. The van der Waals surface area contributed by atoms with Gasteiger partial charge in [0.25, 0.3) is 0 Å². The van der Waals surface area contributed by atoms with Gasteiger partial charge in [0, 0.05) is 36.7 Å². The summed E-state index contributed by atoms with van der Waals surface area (Å²) in [5.41, 5.74) is 3.03. The van der Waals surface area contributed by atoms with Gasteiger partial charge in [0.2, 0.25) is 0 Å². The first-order valence-corrected chi connectivity index (χ1v) is 8.94. The number of hydrogen-bond donors (Lipinski definition) is 1. The van der Waals surface area contributed by atoms with Crippen molar-refractivity contribution in [3.63, 3.8) is 0 Å². The third kappa shape index (κ3) is 4.07. The predicted octanol–water partition coefficient (Wildman–Crippen LogP) is 2.66. The van der Waals surface area contributed by atoms with Crippen molar-refractivity contribution < 1.29 is 0 Å². The fourth-order valence-corrected chi connectivity index (χ4v) is 3.86. The van der Waals surface area contributed by atoms with Gasteiger partial charge < -0.3 is 15.1 Å². The van der Waals surface area contributed by atoms with Crippen LogP contribution in [0.4, 0.5) is 0 Å². The second-order valence-corrected chi connectivity index (χ2v) is 7.30. The number of piperazine rings is 1. The van der Waals surface area contributed by atoms with E-state index >= 15 is 0 Å². The van der Waals surface area contributed by atoms with E-state index in [0.717, 1.165) is 6.54 Å². The average Bonchev–Trinajstić information content (AvgIpc) is 2.87. The van der Waals surface area contributed by atoms with Gasteiger partial charge in [-0.1, -0.05) is 22.0 Å². The smallest absolute Gasteiger partial charge is 0.0326 e. The molecule has 1 N–H and O–H groups in total. The van der Waals surface area contributed by atoms with Crippen molar-refractivity contribution in [1.82, 2.24) is 15.1 Å². The van der Waals surface area contributed by atoms with Gasteiger partial charge in [0.15, 0.2) is 0 Å². The molecule has 1 saturated heterocycles. The van der Waals surface area contributed by atoms with Crippen molar-refractivity contribution in [2.45, 2.75) is 25.3 Å². The molecular weight excluding hydrogens is 326 g/mol. The second kappa shape index (κ2) is 7.23. The number of benzene rings is 1.